The summed E-state index contributed by atoms with van der Waals surface area (Å²) in [5, 5.41) is 0. The maximum atomic E-state index is 11.4. The second-order valence-corrected chi connectivity index (χ2v) is 4.29. The summed E-state index contributed by atoms with van der Waals surface area (Å²) in [6, 6.07) is 0. The Hall–Kier alpha value is -0.590. The lowest BCUT2D eigenvalue weighted by Crippen LogP contribution is -2.27. The summed E-state index contributed by atoms with van der Waals surface area (Å²) >= 11 is 0. The minimum atomic E-state index is 0.230. The van der Waals surface area contributed by atoms with E-state index < -0.39 is 0 Å². The third kappa shape index (κ3) is 1.77. The number of allylic oxidation sites excluding steroid dienone is 2. The standard InChI is InChI=1S/C11H18O/c1-7(2)10-5-8(3)6-11(12)9(10)4/h6-7,9-10H,5H2,1-4H3. The van der Waals surface area contributed by atoms with E-state index in [1.807, 2.05) is 6.08 Å². The normalized spacial score (nSPS) is 30.8. The molecule has 68 valence electrons. The van der Waals surface area contributed by atoms with Gasteiger partial charge in [0.2, 0.25) is 0 Å². The van der Waals surface area contributed by atoms with Gasteiger partial charge in [-0.05, 0) is 31.3 Å². The Morgan fingerprint density at radius 2 is 2.08 bits per heavy atom. The molecule has 0 aromatic rings. The van der Waals surface area contributed by atoms with Crippen LogP contribution in [-0.4, -0.2) is 5.78 Å². The van der Waals surface area contributed by atoms with Crippen LogP contribution >= 0.6 is 0 Å². The van der Waals surface area contributed by atoms with E-state index in [2.05, 4.69) is 27.7 Å². The molecule has 0 heterocycles. The fourth-order valence-electron chi connectivity index (χ4n) is 2.01. The molecule has 0 aromatic heterocycles. The van der Waals surface area contributed by atoms with Crippen molar-refractivity contribution in [2.45, 2.75) is 34.1 Å². The summed E-state index contributed by atoms with van der Waals surface area (Å²) in [6.45, 7) is 8.51. The smallest absolute Gasteiger partial charge is 0.158 e. The van der Waals surface area contributed by atoms with Gasteiger partial charge in [0.05, 0.1) is 0 Å². The lowest BCUT2D eigenvalue weighted by molar-refractivity contribution is -0.120. The molecule has 0 spiro atoms. The van der Waals surface area contributed by atoms with E-state index in [4.69, 9.17) is 0 Å². The van der Waals surface area contributed by atoms with Crippen LogP contribution in [0.2, 0.25) is 0 Å². The van der Waals surface area contributed by atoms with Crippen LogP contribution in [0.25, 0.3) is 0 Å². The minimum absolute atomic E-state index is 0.230. The predicted molar refractivity (Wildman–Crippen MR) is 50.9 cm³/mol. The molecule has 12 heavy (non-hydrogen) atoms. The van der Waals surface area contributed by atoms with Crippen molar-refractivity contribution in [2.75, 3.05) is 0 Å². The van der Waals surface area contributed by atoms with Gasteiger partial charge in [-0.3, -0.25) is 4.79 Å². The molecule has 0 aromatic carbocycles. The molecule has 1 heteroatoms. The summed E-state index contributed by atoms with van der Waals surface area (Å²) in [6.07, 6.45) is 2.91. The molecular weight excluding hydrogens is 148 g/mol. The van der Waals surface area contributed by atoms with Crippen LogP contribution in [0.4, 0.5) is 0 Å². The first-order chi connectivity index (χ1) is 5.52. The van der Waals surface area contributed by atoms with E-state index >= 15 is 0 Å². The van der Waals surface area contributed by atoms with Gasteiger partial charge in [0.25, 0.3) is 0 Å². The first kappa shape index (κ1) is 9.50. The van der Waals surface area contributed by atoms with Crippen molar-refractivity contribution in [3.05, 3.63) is 11.6 Å². The molecule has 0 saturated heterocycles. The van der Waals surface area contributed by atoms with Gasteiger partial charge in [0.1, 0.15) is 0 Å². The molecule has 0 amide bonds. The third-order valence-corrected chi connectivity index (χ3v) is 2.89. The van der Waals surface area contributed by atoms with Crippen molar-refractivity contribution >= 4 is 5.78 Å². The molecule has 0 fully saturated rings. The summed E-state index contributed by atoms with van der Waals surface area (Å²) in [7, 11) is 0. The van der Waals surface area contributed by atoms with Crippen molar-refractivity contribution in [2.24, 2.45) is 17.8 Å². The van der Waals surface area contributed by atoms with Crippen LogP contribution < -0.4 is 0 Å². The number of hydrogen-bond donors (Lipinski definition) is 0. The molecule has 1 aliphatic rings. The van der Waals surface area contributed by atoms with Crippen LogP contribution in [0, 0.1) is 17.8 Å². The Balaban J connectivity index is 2.81. The number of hydrogen-bond acceptors (Lipinski definition) is 1. The highest BCUT2D eigenvalue weighted by Crippen LogP contribution is 2.32. The number of rotatable bonds is 1. The molecule has 1 aliphatic carbocycles. The Morgan fingerprint density at radius 1 is 1.50 bits per heavy atom. The Kier molecular flexibility index (Phi) is 2.71. The predicted octanol–water partition coefficient (Wildman–Crippen LogP) is 2.81. The molecule has 1 rings (SSSR count). The Labute approximate surface area is 74.9 Å². The van der Waals surface area contributed by atoms with Gasteiger partial charge < -0.3 is 0 Å². The molecule has 0 radical (unpaired) electrons. The van der Waals surface area contributed by atoms with Crippen molar-refractivity contribution in [3.8, 4) is 0 Å². The van der Waals surface area contributed by atoms with Crippen LogP contribution in [0.15, 0.2) is 11.6 Å². The maximum absolute atomic E-state index is 11.4. The van der Waals surface area contributed by atoms with Crippen LogP contribution in [0.3, 0.4) is 0 Å². The van der Waals surface area contributed by atoms with Gasteiger partial charge in [0, 0.05) is 5.92 Å². The zero-order valence-electron chi connectivity index (χ0n) is 8.42. The first-order valence-electron chi connectivity index (χ1n) is 4.73. The second kappa shape index (κ2) is 3.42. The van der Waals surface area contributed by atoms with Gasteiger partial charge in [-0.25, -0.2) is 0 Å². The zero-order chi connectivity index (χ0) is 9.30. The molecule has 0 N–H and O–H groups in total. The summed E-state index contributed by atoms with van der Waals surface area (Å²) < 4.78 is 0. The molecular formula is C11H18O. The summed E-state index contributed by atoms with van der Waals surface area (Å²) in [5.74, 6) is 1.72. The molecule has 0 aliphatic heterocycles. The zero-order valence-corrected chi connectivity index (χ0v) is 8.42. The summed E-state index contributed by atoms with van der Waals surface area (Å²) in [5.41, 5.74) is 1.25. The minimum Gasteiger partial charge on any atom is -0.295 e. The monoisotopic (exact) mass is 166 g/mol. The highest BCUT2D eigenvalue weighted by atomic mass is 16.1. The van der Waals surface area contributed by atoms with Crippen molar-refractivity contribution in [3.63, 3.8) is 0 Å². The van der Waals surface area contributed by atoms with Crippen molar-refractivity contribution in [1.29, 1.82) is 0 Å². The van der Waals surface area contributed by atoms with E-state index in [0.29, 0.717) is 17.6 Å². The SMILES string of the molecule is CC1=CC(=O)C(C)C(C(C)C)C1. The number of ketones is 1. The fraction of sp³-hybridized carbons (Fsp3) is 0.727. The average molecular weight is 166 g/mol. The van der Waals surface area contributed by atoms with Gasteiger partial charge >= 0.3 is 0 Å². The third-order valence-electron chi connectivity index (χ3n) is 2.89. The number of carbonyl (C=O) groups is 1. The van der Waals surface area contributed by atoms with Gasteiger partial charge in [-0.1, -0.05) is 26.3 Å². The van der Waals surface area contributed by atoms with Gasteiger partial charge in [-0.2, -0.15) is 0 Å². The molecule has 2 unspecified atom stereocenters. The molecule has 1 nitrogen and oxygen atoms in total. The van der Waals surface area contributed by atoms with Crippen molar-refractivity contribution in [1.82, 2.24) is 0 Å². The molecule has 0 saturated carbocycles. The highest BCUT2D eigenvalue weighted by Gasteiger charge is 2.28. The second-order valence-electron chi connectivity index (χ2n) is 4.29. The largest absolute Gasteiger partial charge is 0.295 e. The van der Waals surface area contributed by atoms with E-state index in [0.717, 1.165) is 6.42 Å². The van der Waals surface area contributed by atoms with Gasteiger partial charge in [0.15, 0.2) is 5.78 Å². The van der Waals surface area contributed by atoms with Crippen LogP contribution in [0.5, 0.6) is 0 Å². The highest BCUT2D eigenvalue weighted by molar-refractivity contribution is 5.93. The number of carbonyl (C=O) groups excluding carboxylic acids is 1. The quantitative estimate of drug-likeness (QED) is 0.585. The van der Waals surface area contributed by atoms with Gasteiger partial charge in [-0.15, -0.1) is 0 Å². The van der Waals surface area contributed by atoms with E-state index in [-0.39, 0.29) is 5.92 Å². The Morgan fingerprint density at radius 3 is 2.58 bits per heavy atom. The van der Waals surface area contributed by atoms with E-state index in [9.17, 15) is 4.79 Å². The maximum Gasteiger partial charge on any atom is 0.158 e. The summed E-state index contributed by atoms with van der Waals surface area (Å²) in [4.78, 5) is 11.4. The van der Waals surface area contributed by atoms with Crippen molar-refractivity contribution < 1.29 is 4.79 Å². The molecule has 0 bridgehead atoms. The Bertz CT molecular complexity index is 213. The first-order valence-corrected chi connectivity index (χ1v) is 4.73. The van der Waals surface area contributed by atoms with E-state index in [1.165, 1.54) is 5.57 Å². The lowest BCUT2D eigenvalue weighted by atomic mass is 9.74. The lowest BCUT2D eigenvalue weighted by Gasteiger charge is -2.29. The average Bonchev–Trinajstić information content (AvgIpc) is 1.96. The molecule has 2 atom stereocenters. The van der Waals surface area contributed by atoms with E-state index in [1.54, 1.807) is 0 Å². The van der Waals surface area contributed by atoms with Crippen LogP contribution in [-0.2, 0) is 4.79 Å². The fourth-order valence-corrected chi connectivity index (χ4v) is 2.01. The topological polar surface area (TPSA) is 17.1 Å². The van der Waals surface area contributed by atoms with Crippen LogP contribution in [0.1, 0.15) is 34.1 Å².